The summed E-state index contributed by atoms with van der Waals surface area (Å²) in [6.45, 7) is 1.81. The van der Waals surface area contributed by atoms with Crippen LogP contribution in [0.4, 0.5) is 36.2 Å². The second kappa shape index (κ2) is 8.16. The lowest BCUT2D eigenvalue weighted by molar-refractivity contribution is -0.136. The number of nitrogen functional groups attached to an aromatic ring is 1. The highest BCUT2D eigenvalue weighted by atomic mass is 32.2. The van der Waals surface area contributed by atoms with Gasteiger partial charge in [-0.3, -0.25) is 5.43 Å². The molecule has 0 spiro atoms. The van der Waals surface area contributed by atoms with Crippen molar-refractivity contribution < 1.29 is 21.6 Å². The molecule has 0 unspecified atom stereocenters. The number of sulfonamides is 1. The van der Waals surface area contributed by atoms with Gasteiger partial charge in [0.05, 0.1) is 16.1 Å². The predicted octanol–water partition coefficient (Wildman–Crippen LogP) is 3.44. The number of halogens is 3. The van der Waals surface area contributed by atoms with Gasteiger partial charge < -0.3 is 11.1 Å². The maximum Gasteiger partial charge on any atom is 0.418 e. The molecule has 0 fully saturated rings. The van der Waals surface area contributed by atoms with Crippen LogP contribution in [0.1, 0.15) is 11.1 Å². The Morgan fingerprint density at radius 1 is 0.967 bits per heavy atom. The lowest BCUT2D eigenvalue weighted by Crippen LogP contribution is -2.30. The third-order valence-electron chi connectivity index (χ3n) is 4.00. The fourth-order valence-corrected chi connectivity index (χ4v) is 3.30. The van der Waals surface area contributed by atoms with Gasteiger partial charge in [0.15, 0.2) is 11.6 Å². The van der Waals surface area contributed by atoms with E-state index in [1.165, 1.54) is 30.3 Å². The molecule has 5 N–H and O–H groups in total. The minimum absolute atomic E-state index is 0.00526. The largest absolute Gasteiger partial charge is 0.418 e. The molecule has 12 heteroatoms. The molecule has 8 nitrogen and oxygen atoms in total. The van der Waals surface area contributed by atoms with Gasteiger partial charge in [-0.15, -0.1) is 4.83 Å². The van der Waals surface area contributed by atoms with Gasteiger partial charge >= 0.3 is 6.18 Å². The summed E-state index contributed by atoms with van der Waals surface area (Å²) in [6.07, 6.45) is -3.56. The van der Waals surface area contributed by atoms with Crippen LogP contribution in [0.2, 0.25) is 0 Å². The molecule has 2 aromatic carbocycles. The van der Waals surface area contributed by atoms with Crippen molar-refractivity contribution in [3.8, 4) is 0 Å². The van der Waals surface area contributed by atoms with Crippen LogP contribution in [-0.4, -0.2) is 18.4 Å². The number of nitrogens with one attached hydrogen (secondary N) is 3. The van der Waals surface area contributed by atoms with E-state index >= 15 is 0 Å². The topological polar surface area (TPSA) is 122 Å². The quantitative estimate of drug-likeness (QED) is 0.435. The molecule has 3 aromatic rings. The van der Waals surface area contributed by atoms with Crippen molar-refractivity contribution in [2.24, 2.45) is 0 Å². The second-order valence-electron chi connectivity index (χ2n) is 6.20. The molecule has 0 aliphatic rings. The molecule has 1 heterocycles. The molecule has 0 atom stereocenters. The van der Waals surface area contributed by atoms with Gasteiger partial charge in [-0.25, -0.2) is 18.4 Å². The Hall–Kier alpha value is -3.38. The number of anilines is 4. The van der Waals surface area contributed by atoms with Crippen molar-refractivity contribution in [3.63, 3.8) is 0 Å². The molecule has 0 aliphatic carbocycles. The Bertz CT molecular complexity index is 1150. The van der Waals surface area contributed by atoms with Crippen LogP contribution in [0.5, 0.6) is 0 Å². The zero-order valence-corrected chi connectivity index (χ0v) is 16.3. The Kier molecular flexibility index (Phi) is 5.80. The Morgan fingerprint density at radius 3 is 2.27 bits per heavy atom. The number of aromatic nitrogens is 2. The van der Waals surface area contributed by atoms with E-state index in [0.717, 1.165) is 18.0 Å². The van der Waals surface area contributed by atoms with Gasteiger partial charge in [0.25, 0.3) is 10.0 Å². The van der Waals surface area contributed by atoms with E-state index in [4.69, 9.17) is 5.73 Å². The number of benzene rings is 2. The lowest BCUT2D eigenvalue weighted by Gasteiger charge is -2.16. The first-order valence-electron chi connectivity index (χ1n) is 8.46. The first-order valence-corrected chi connectivity index (χ1v) is 9.94. The normalized spacial score (nSPS) is 11.9. The monoisotopic (exact) mass is 438 g/mol. The van der Waals surface area contributed by atoms with Crippen molar-refractivity contribution in [1.29, 1.82) is 0 Å². The van der Waals surface area contributed by atoms with E-state index in [1.54, 1.807) is 12.1 Å². The number of nitrogens with zero attached hydrogens (tertiary/aromatic N) is 2. The fraction of sp³-hybridized carbons (Fsp3) is 0.111. The molecule has 3 rings (SSSR count). The highest BCUT2D eigenvalue weighted by molar-refractivity contribution is 7.89. The van der Waals surface area contributed by atoms with Crippen LogP contribution in [0.3, 0.4) is 0 Å². The molecule has 0 saturated carbocycles. The molecular formula is C18H17F3N6O2S. The van der Waals surface area contributed by atoms with Crippen molar-refractivity contribution in [3.05, 3.63) is 66.0 Å². The molecule has 0 radical (unpaired) electrons. The van der Waals surface area contributed by atoms with Gasteiger partial charge in [0.1, 0.15) is 12.0 Å². The number of alkyl halides is 3. The van der Waals surface area contributed by atoms with Crippen molar-refractivity contribution >= 4 is 33.0 Å². The summed E-state index contributed by atoms with van der Waals surface area (Å²) in [5.41, 5.74) is 7.81. The number of aryl methyl sites for hydroxylation is 1. The SMILES string of the molecule is Cc1ccc(S(=O)(=O)NNc2ncnc(Nc3ccccc3C(F)(F)F)c2N)cc1. The smallest absolute Gasteiger partial charge is 0.393 e. The summed E-state index contributed by atoms with van der Waals surface area (Å²) in [7, 11) is -3.94. The van der Waals surface area contributed by atoms with Crippen LogP contribution in [0, 0.1) is 6.92 Å². The third-order valence-corrected chi connectivity index (χ3v) is 5.27. The number of para-hydroxylation sites is 1. The molecule has 0 aliphatic heterocycles. The molecule has 30 heavy (non-hydrogen) atoms. The van der Waals surface area contributed by atoms with Crippen molar-refractivity contribution in [2.45, 2.75) is 18.0 Å². The van der Waals surface area contributed by atoms with Gasteiger partial charge in [-0.05, 0) is 31.2 Å². The van der Waals surface area contributed by atoms with Gasteiger partial charge in [-0.2, -0.15) is 13.2 Å². The average Bonchev–Trinajstić information content (AvgIpc) is 2.68. The number of hydrogen-bond donors (Lipinski definition) is 4. The lowest BCUT2D eigenvalue weighted by atomic mass is 10.1. The van der Waals surface area contributed by atoms with Crippen LogP contribution >= 0.6 is 0 Å². The maximum atomic E-state index is 13.2. The molecule has 1 aromatic heterocycles. The molecule has 0 bridgehead atoms. The van der Waals surface area contributed by atoms with E-state index in [1.807, 2.05) is 6.92 Å². The fourth-order valence-electron chi connectivity index (χ4n) is 2.45. The standard InChI is InChI=1S/C18H17F3N6O2S/c1-11-6-8-12(9-7-11)30(28,29)27-26-17-15(22)16(23-10-24-17)25-14-5-3-2-4-13(14)18(19,20)21/h2-10,27H,22H2,1H3,(H2,23,24,25,26). The molecule has 0 saturated heterocycles. The molecule has 158 valence electrons. The van der Waals surface area contributed by atoms with E-state index in [9.17, 15) is 21.6 Å². The van der Waals surface area contributed by atoms with E-state index < -0.39 is 21.8 Å². The van der Waals surface area contributed by atoms with Crippen LogP contribution in [0.25, 0.3) is 0 Å². The summed E-state index contributed by atoms with van der Waals surface area (Å²) in [6, 6.07) is 10.9. The van der Waals surface area contributed by atoms with E-state index in [-0.39, 0.29) is 27.9 Å². The van der Waals surface area contributed by atoms with Gasteiger partial charge in [-0.1, -0.05) is 29.8 Å². The summed E-state index contributed by atoms with van der Waals surface area (Å²) >= 11 is 0. The maximum absolute atomic E-state index is 13.2. The van der Waals surface area contributed by atoms with E-state index in [2.05, 4.69) is 25.5 Å². The highest BCUT2D eigenvalue weighted by Gasteiger charge is 2.33. The third kappa shape index (κ3) is 4.78. The summed E-state index contributed by atoms with van der Waals surface area (Å²) in [5.74, 6) is -0.258. The number of hydrazine groups is 1. The minimum atomic E-state index is -4.59. The Balaban J connectivity index is 1.82. The molecule has 0 amide bonds. The number of nitrogens with two attached hydrogens (primary N) is 1. The predicted molar refractivity (Wildman–Crippen MR) is 106 cm³/mol. The highest BCUT2D eigenvalue weighted by Crippen LogP contribution is 2.36. The summed E-state index contributed by atoms with van der Waals surface area (Å²) in [5, 5.41) is 2.51. The number of rotatable bonds is 6. The summed E-state index contributed by atoms with van der Waals surface area (Å²) < 4.78 is 64.2. The minimum Gasteiger partial charge on any atom is -0.393 e. The second-order valence-corrected chi connectivity index (χ2v) is 7.88. The number of hydrogen-bond acceptors (Lipinski definition) is 7. The first-order chi connectivity index (χ1) is 14.1. The van der Waals surface area contributed by atoms with Crippen LogP contribution in [-0.2, 0) is 16.2 Å². The Labute approximate surface area is 170 Å². The zero-order valence-electron chi connectivity index (χ0n) is 15.5. The van der Waals surface area contributed by atoms with Crippen LogP contribution in [0.15, 0.2) is 59.8 Å². The van der Waals surface area contributed by atoms with Gasteiger partial charge in [0, 0.05) is 0 Å². The van der Waals surface area contributed by atoms with Crippen molar-refractivity contribution in [2.75, 3.05) is 16.5 Å². The first kappa shape index (κ1) is 21.3. The molecular weight excluding hydrogens is 421 g/mol. The zero-order chi connectivity index (χ0) is 21.9. The van der Waals surface area contributed by atoms with Crippen molar-refractivity contribution in [1.82, 2.24) is 14.8 Å². The summed E-state index contributed by atoms with van der Waals surface area (Å²) in [4.78, 5) is 9.79. The Morgan fingerprint density at radius 2 is 1.60 bits per heavy atom. The van der Waals surface area contributed by atoms with Crippen LogP contribution < -0.4 is 21.3 Å². The van der Waals surface area contributed by atoms with E-state index in [0.29, 0.717) is 0 Å². The van der Waals surface area contributed by atoms with Gasteiger partial charge in [0.2, 0.25) is 0 Å². The average molecular weight is 438 g/mol.